The first-order valence-electron chi connectivity index (χ1n) is 8.56. The van der Waals surface area contributed by atoms with Crippen LogP contribution in [0.15, 0.2) is 36.5 Å². The molecule has 1 aromatic carbocycles. The van der Waals surface area contributed by atoms with Crippen molar-refractivity contribution < 1.29 is 13.9 Å². The van der Waals surface area contributed by atoms with E-state index in [1.54, 1.807) is 18.3 Å². The van der Waals surface area contributed by atoms with Crippen LogP contribution in [-0.4, -0.2) is 55.0 Å². The number of carbonyl (C=O) groups excluding carboxylic acids is 1. The maximum absolute atomic E-state index is 12.1. The van der Waals surface area contributed by atoms with Crippen molar-refractivity contribution >= 4 is 17.5 Å². The van der Waals surface area contributed by atoms with Crippen LogP contribution in [0.5, 0.6) is 0 Å². The molecule has 7 nitrogen and oxygen atoms in total. The van der Waals surface area contributed by atoms with E-state index in [0.717, 1.165) is 17.9 Å². The Labute approximate surface area is 151 Å². The van der Waals surface area contributed by atoms with Gasteiger partial charge < -0.3 is 20.3 Å². The summed E-state index contributed by atoms with van der Waals surface area (Å²) in [6.07, 6.45) is 1.75. The molecular formula is C18H22FN5O2. The summed E-state index contributed by atoms with van der Waals surface area (Å²) in [5.41, 5.74) is 1.46. The van der Waals surface area contributed by atoms with Crippen molar-refractivity contribution in [2.45, 2.75) is 13.0 Å². The molecular weight excluding hydrogens is 337 g/mol. The van der Waals surface area contributed by atoms with E-state index in [1.165, 1.54) is 0 Å². The van der Waals surface area contributed by atoms with E-state index >= 15 is 0 Å². The molecule has 2 heterocycles. The van der Waals surface area contributed by atoms with E-state index in [9.17, 15) is 9.18 Å². The lowest BCUT2D eigenvalue weighted by Crippen LogP contribution is -2.44. The van der Waals surface area contributed by atoms with E-state index in [1.807, 2.05) is 18.2 Å². The number of aromatic nitrogens is 2. The Hall–Kier alpha value is -2.74. The first-order valence-corrected chi connectivity index (χ1v) is 8.56. The second-order valence-corrected chi connectivity index (χ2v) is 6.00. The number of nitrogens with zero attached hydrogens (tertiary/aromatic N) is 3. The summed E-state index contributed by atoms with van der Waals surface area (Å²) in [6.45, 7) is 3.68. The Morgan fingerprint density at radius 2 is 2.15 bits per heavy atom. The van der Waals surface area contributed by atoms with E-state index in [0.29, 0.717) is 24.7 Å². The fourth-order valence-electron chi connectivity index (χ4n) is 2.75. The van der Waals surface area contributed by atoms with Crippen LogP contribution in [0.3, 0.4) is 0 Å². The summed E-state index contributed by atoms with van der Waals surface area (Å²) < 4.78 is 17.5. The molecule has 0 unspecified atom stereocenters. The van der Waals surface area contributed by atoms with Gasteiger partial charge >= 0.3 is 6.03 Å². The number of hydrogen-bond acceptors (Lipinski definition) is 5. The molecule has 26 heavy (non-hydrogen) atoms. The molecule has 1 saturated heterocycles. The van der Waals surface area contributed by atoms with Gasteiger partial charge in [0.15, 0.2) is 5.82 Å². The van der Waals surface area contributed by atoms with Crippen LogP contribution in [0.4, 0.5) is 20.7 Å². The summed E-state index contributed by atoms with van der Waals surface area (Å²) >= 11 is 0. The molecule has 2 aromatic rings. The first kappa shape index (κ1) is 18.1. The van der Waals surface area contributed by atoms with Crippen LogP contribution >= 0.6 is 0 Å². The molecule has 1 aliphatic rings. The highest BCUT2D eigenvalue weighted by molar-refractivity contribution is 5.89. The minimum Gasteiger partial charge on any atom is -0.377 e. The van der Waals surface area contributed by atoms with Crippen LogP contribution in [0.25, 0.3) is 11.4 Å². The number of benzene rings is 1. The van der Waals surface area contributed by atoms with Crippen LogP contribution in [0.2, 0.25) is 0 Å². The minimum absolute atomic E-state index is 0.00941. The van der Waals surface area contributed by atoms with E-state index in [4.69, 9.17) is 4.74 Å². The number of alkyl halides is 1. The number of anilines is 2. The van der Waals surface area contributed by atoms with Crippen molar-refractivity contribution in [3.05, 3.63) is 36.5 Å². The molecule has 1 aromatic heterocycles. The Balaban J connectivity index is 1.71. The molecule has 0 radical (unpaired) electrons. The van der Waals surface area contributed by atoms with Gasteiger partial charge in [0.25, 0.3) is 0 Å². The quantitative estimate of drug-likeness (QED) is 0.857. The molecule has 0 aliphatic carbocycles. The summed E-state index contributed by atoms with van der Waals surface area (Å²) in [5, 5.41) is 5.05. The average molecular weight is 359 g/mol. The highest BCUT2D eigenvalue weighted by Crippen LogP contribution is 2.22. The van der Waals surface area contributed by atoms with Gasteiger partial charge in [-0.15, -0.1) is 0 Å². The van der Waals surface area contributed by atoms with Gasteiger partial charge in [0.2, 0.25) is 0 Å². The third kappa shape index (κ3) is 4.45. The van der Waals surface area contributed by atoms with E-state index in [2.05, 4.69) is 32.4 Å². The average Bonchev–Trinajstić information content (AvgIpc) is 2.67. The number of halogens is 1. The standard InChI is InChI=1S/C18H22FN5O2/c1-13-12-26-11-10-24(13)16-6-8-20-17(23-16)14-2-4-15(5-3-14)22-18(25)21-9-7-19/h2-6,8,13H,7,9-12H2,1H3,(H2,21,22,25)/t13-/m0/s1. The molecule has 1 fully saturated rings. The fourth-order valence-corrected chi connectivity index (χ4v) is 2.75. The van der Waals surface area contributed by atoms with Crippen molar-refractivity contribution in [3.63, 3.8) is 0 Å². The molecule has 0 saturated carbocycles. The zero-order valence-corrected chi connectivity index (χ0v) is 14.6. The second-order valence-electron chi connectivity index (χ2n) is 6.00. The van der Waals surface area contributed by atoms with Crippen LogP contribution in [0, 0.1) is 0 Å². The van der Waals surface area contributed by atoms with Crippen molar-refractivity contribution in [2.75, 3.05) is 43.2 Å². The Morgan fingerprint density at radius 3 is 2.88 bits per heavy atom. The van der Waals surface area contributed by atoms with Crippen molar-refractivity contribution in [1.29, 1.82) is 0 Å². The van der Waals surface area contributed by atoms with Gasteiger partial charge in [-0.1, -0.05) is 0 Å². The molecule has 1 atom stereocenters. The Morgan fingerprint density at radius 1 is 1.35 bits per heavy atom. The van der Waals surface area contributed by atoms with E-state index in [-0.39, 0.29) is 12.6 Å². The number of urea groups is 1. The number of ether oxygens (including phenoxy) is 1. The monoisotopic (exact) mass is 359 g/mol. The van der Waals surface area contributed by atoms with Gasteiger partial charge in [-0.2, -0.15) is 0 Å². The van der Waals surface area contributed by atoms with Gasteiger partial charge in [-0.25, -0.2) is 19.2 Å². The number of rotatable bonds is 5. The molecule has 0 bridgehead atoms. The summed E-state index contributed by atoms with van der Waals surface area (Å²) in [5.74, 6) is 1.49. The van der Waals surface area contributed by atoms with E-state index < -0.39 is 12.7 Å². The van der Waals surface area contributed by atoms with Gasteiger partial charge in [0.05, 0.1) is 19.3 Å². The highest BCUT2D eigenvalue weighted by Gasteiger charge is 2.20. The minimum atomic E-state index is -0.595. The fraction of sp³-hybridized carbons (Fsp3) is 0.389. The maximum atomic E-state index is 12.1. The predicted octanol–water partition coefficient (Wildman–Crippen LogP) is 2.46. The molecule has 2 amide bonds. The number of nitrogens with one attached hydrogen (secondary N) is 2. The third-order valence-corrected chi connectivity index (χ3v) is 4.08. The maximum Gasteiger partial charge on any atom is 0.319 e. The number of hydrogen-bond donors (Lipinski definition) is 2. The topological polar surface area (TPSA) is 79.4 Å². The third-order valence-electron chi connectivity index (χ3n) is 4.08. The van der Waals surface area contributed by atoms with Crippen LogP contribution < -0.4 is 15.5 Å². The van der Waals surface area contributed by atoms with Crippen molar-refractivity contribution in [1.82, 2.24) is 15.3 Å². The normalized spacial score (nSPS) is 17.0. The predicted molar refractivity (Wildman–Crippen MR) is 98.1 cm³/mol. The first-order chi connectivity index (χ1) is 12.7. The Bertz CT molecular complexity index is 741. The molecule has 3 rings (SSSR count). The lowest BCUT2D eigenvalue weighted by Gasteiger charge is -2.34. The molecule has 0 spiro atoms. The lowest BCUT2D eigenvalue weighted by molar-refractivity contribution is 0.0985. The largest absolute Gasteiger partial charge is 0.377 e. The SMILES string of the molecule is C[C@H]1COCCN1c1ccnc(-c2ccc(NC(=O)NCCF)cc2)n1. The summed E-state index contributed by atoms with van der Waals surface area (Å²) in [6, 6.07) is 8.93. The number of morpholine rings is 1. The molecule has 8 heteroatoms. The van der Waals surface area contributed by atoms with Crippen LogP contribution in [0.1, 0.15) is 6.92 Å². The van der Waals surface area contributed by atoms with Crippen LogP contribution in [-0.2, 0) is 4.74 Å². The second kappa shape index (κ2) is 8.57. The molecule has 2 N–H and O–H groups in total. The van der Waals surface area contributed by atoms with Crippen molar-refractivity contribution in [2.24, 2.45) is 0 Å². The zero-order chi connectivity index (χ0) is 18.4. The Kier molecular flexibility index (Phi) is 5.96. The lowest BCUT2D eigenvalue weighted by atomic mass is 10.2. The molecule has 138 valence electrons. The highest BCUT2D eigenvalue weighted by atomic mass is 19.1. The number of amides is 2. The van der Waals surface area contributed by atoms with Gasteiger partial charge in [-0.05, 0) is 37.3 Å². The molecule has 1 aliphatic heterocycles. The van der Waals surface area contributed by atoms with Gasteiger partial charge in [-0.3, -0.25) is 0 Å². The summed E-state index contributed by atoms with van der Waals surface area (Å²) in [4.78, 5) is 22.8. The smallest absolute Gasteiger partial charge is 0.319 e. The van der Waals surface area contributed by atoms with Gasteiger partial charge in [0.1, 0.15) is 12.5 Å². The van der Waals surface area contributed by atoms with Gasteiger partial charge in [0, 0.05) is 30.5 Å². The van der Waals surface area contributed by atoms with Crippen molar-refractivity contribution in [3.8, 4) is 11.4 Å². The summed E-state index contributed by atoms with van der Waals surface area (Å²) in [7, 11) is 0. The zero-order valence-electron chi connectivity index (χ0n) is 14.6. The number of carbonyl (C=O) groups is 1.